The highest BCUT2D eigenvalue weighted by molar-refractivity contribution is 9.08. The van der Waals surface area contributed by atoms with Gasteiger partial charge in [0.1, 0.15) is 0 Å². The molecule has 104 valence electrons. The maximum absolute atomic E-state index is 12.1. The van der Waals surface area contributed by atoms with Crippen LogP contribution in [0.1, 0.15) is 27.0 Å². The second-order valence-electron chi connectivity index (χ2n) is 4.57. The van der Waals surface area contributed by atoms with E-state index in [0.29, 0.717) is 17.1 Å². The lowest BCUT2D eigenvalue weighted by atomic mass is 10.1. The summed E-state index contributed by atoms with van der Waals surface area (Å²) in [4.78, 5) is 12.1. The SMILES string of the molecule is Cc1cccc(C(=O)NCc2cccc(CBr)c2)c1Cl. The summed E-state index contributed by atoms with van der Waals surface area (Å²) < 4.78 is 0. The summed E-state index contributed by atoms with van der Waals surface area (Å²) in [6, 6.07) is 13.5. The minimum atomic E-state index is -0.150. The van der Waals surface area contributed by atoms with Gasteiger partial charge in [0.15, 0.2) is 0 Å². The van der Waals surface area contributed by atoms with Gasteiger partial charge in [0.25, 0.3) is 5.91 Å². The monoisotopic (exact) mass is 351 g/mol. The molecule has 0 unspecified atom stereocenters. The minimum absolute atomic E-state index is 0.150. The summed E-state index contributed by atoms with van der Waals surface area (Å²) in [7, 11) is 0. The van der Waals surface area contributed by atoms with Crippen LogP contribution >= 0.6 is 27.5 Å². The Morgan fingerprint density at radius 2 is 1.90 bits per heavy atom. The number of carbonyl (C=O) groups is 1. The molecule has 0 aliphatic heterocycles. The first kappa shape index (κ1) is 15.1. The van der Waals surface area contributed by atoms with Crippen LogP contribution < -0.4 is 5.32 Å². The maximum Gasteiger partial charge on any atom is 0.253 e. The minimum Gasteiger partial charge on any atom is -0.348 e. The molecule has 4 heteroatoms. The molecule has 2 aromatic rings. The second-order valence-corrected chi connectivity index (χ2v) is 5.51. The molecule has 1 amide bonds. The highest BCUT2D eigenvalue weighted by atomic mass is 79.9. The lowest BCUT2D eigenvalue weighted by Crippen LogP contribution is -2.23. The van der Waals surface area contributed by atoms with Crippen LogP contribution in [0.5, 0.6) is 0 Å². The fourth-order valence-electron chi connectivity index (χ4n) is 1.92. The van der Waals surface area contributed by atoms with Gasteiger partial charge in [0.2, 0.25) is 0 Å². The van der Waals surface area contributed by atoms with Crippen molar-refractivity contribution >= 4 is 33.4 Å². The molecule has 0 aliphatic rings. The van der Waals surface area contributed by atoms with Gasteiger partial charge in [0.05, 0.1) is 10.6 Å². The Bertz CT molecular complexity index is 628. The summed E-state index contributed by atoms with van der Waals surface area (Å²) in [5.74, 6) is -0.150. The van der Waals surface area contributed by atoms with Crippen LogP contribution in [0.25, 0.3) is 0 Å². The third-order valence-electron chi connectivity index (χ3n) is 3.04. The van der Waals surface area contributed by atoms with Crippen molar-refractivity contribution in [1.82, 2.24) is 5.32 Å². The Hall–Kier alpha value is -1.32. The molecule has 0 saturated carbocycles. The number of amides is 1. The van der Waals surface area contributed by atoms with Crippen LogP contribution in [-0.2, 0) is 11.9 Å². The van der Waals surface area contributed by atoms with Crippen LogP contribution in [0.15, 0.2) is 42.5 Å². The van der Waals surface area contributed by atoms with Crippen molar-refractivity contribution in [3.63, 3.8) is 0 Å². The molecule has 2 rings (SSSR count). The van der Waals surface area contributed by atoms with Gasteiger partial charge >= 0.3 is 0 Å². The summed E-state index contributed by atoms with van der Waals surface area (Å²) in [5.41, 5.74) is 3.67. The lowest BCUT2D eigenvalue weighted by molar-refractivity contribution is 0.0951. The molecule has 2 aromatic carbocycles. The van der Waals surface area contributed by atoms with E-state index in [9.17, 15) is 4.79 Å². The Kier molecular flexibility index (Phi) is 5.21. The van der Waals surface area contributed by atoms with E-state index in [4.69, 9.17) is 11.6 Å². The number of halogens is 2. The zero-order valence-corrected chi connectivity index (χ0v) is 13.5. The van der Waals surface area contributed by atoms with Gasteiger partial charge in [-0.3, -0.25) is 4.79 Å². The van der Waals surface area contributed by atoms with Gasteiger partial charge in [-0.15, -0.1) is 0 Å². The van der Waals surface area contributed by atoms with E-state index in [0.717, 1.165) is 16.5 Å². The van der Waals surface area contributed by atoms with Crippen molar-refractivity contribution in [1.29, 1.82) is 0 Å². The Morgan fingerprint density at radius 3 is 2.65 bits per heavy atom. The van der Waals surface area contributed by atoms with Crippen molar-refractivity contribution in [2.45, 2.75) is 18.8 Å². The van der Waals surface area contributed by atoms with Gasteiger partial charge in [-0.2, -0.15) is 0 Å². The Morgan fingerprint density at radius 1 is 1.20 bits per heavy atom. The van der Waals surface area contributed by atoms with Crippen LogP contribution in [0.4, 0.5) is 0 Å². The number of rotatable bonds is 4. The zero-order valence-electron chi connectivity index (χ0n) is 11.1. The molecule has 0 heterocycles. The van der Waals surface area contributed by atoms with Gasteiger partial charge in [0, 0.05) is 11.9 Å². The molecule has 1 N–H and O–H groups in total. The summed E-state index contributed by atoms with van der Waals surface area (Å²) in [5, 5.41) is 4.21. The molecule has 20 heavy (non-hydrogen) atoms. The fraction of sp³-hybridized carbons (Fsp3) is 0.188. The maximum atomic E-state index is 12.1. The van der Waals surface area contributed by atoms with Gasteiger partial charge in [-0.25, -0.2) is 0 Å². The molecule has 0 saturated heterocycles. The lowest BCUT2D eigenvalue weighted by Gasteiger charge is -2.09. The Labute approximate surface area is 132 Å². The molecule has 2 nitrogen and oxygen atoms in total. The van der Waals surface area contributed by atoms with Gasteiger partial charge in [-0.05, 0) is 29.7 Å². The van der Waals surface area contributed by atoms with Crippen molar-refractivity contribution in [3.05, 3.63) is 69.7 Å². The molecule has 0 fully saturated rings. The number of alkyl halides is 1. The standard InChI is InChI=1S/C16H15BrClNO/c1-11-4-2-7-14(15(11)18)16(20)19-10-13-6-3-5-12(8-13)9-17/h2-8H,9-10H2,1H3,(H,19,20). The molecule has 0 aromatic heterocycles. The third kappa shape index (κ3) is 3.62. The molecule has 0 radical (unpaired) electrons. The normalized spacial score (nSPS) is 10.3. The largest absolute Gasteiger partial charge is 0.348 e. The Balaban J connectivity index is 2.06. The zero-order chi connectivity index (χ0) is 14.5. The summed E-state index contributed by atoms with van der Waals surface area (Å²) in [6.07, 6.45) is 0. The average molecular weight is 353 g/mol. The van der Waals surface area contributed by atoms with Gasteiger partial charge in [-0.1, -0.05) is 63.9 Å². The number of carbonyl (C=O) groups excluding carboxylic acids is 1. The number of aryl methyl sites for hydroxylation is 1. The van der Waals surface area contributed by atoms with Crippen LogP contribution in [-0.4, -0.2) is 5.91 Å². The van der Waals surface area contributed by atoms with Gasteiger partial charge < -0.3 is 5.32 Å². The van der Waals surface area contributed by atoms with Crippen molar-refractivity contribution < 1.29 is 4.79 Å². The van der Waals surface area contributed by atoms with E-state index in [-0.39, 0.29) is 5.91 Å². The first-order valence-corrected chi connectivity index (χ1v) is 7.79. The topological polar surface area (TPSA) is 29.1 Å². The third-order valence-corrected chi connectivity index (χ3v) is 4.18. The quantitative estimate of drug-likeness (QED) is 0.808. The number of hydrogen-bond donors (Lipinski definition) is 1. The van der Waals surface area contributed by atoms with E-state index < -0.39 is 0 Å². The highest BCUT2D eigenvalue weighted by Crippen LogP contribution is 2.20. The molecule has 0 atom stereocenters. The predicted molar refractivity (Wildman–Crippen MR) is 86.4 cm³/mol. The fourth-order valence-corrected chi connectivity index (χ4v) is 2.48. The van der Waals surface area contributed by atoms with E-state index >= 15 is 0 Å². The highest BCUT2D eigenvalue weighted by Gasteiger charge is 2.11. The second kappa shape index (κ2) is 6.91. The molecule has 0 spiro atoms. The van der Waals surface area contributed by atoms with Crippen molar-refractivity contribution in [3.8, 4) is 0 Å². The van der Waals surface area contributed by atoms with E-state index in [1.807, 2.05) is 37.3 Å². The summed E-state index contributed by atoms with van der Waals surface area (Å²) in [6.45, 7) is 2.38. The molecule has 0 bridgehead atoms. The smallest absolute Gasteiger partial charge is 0.253 e. The molecular weight excluding hydrogens is 338 g/mol. The van der Waals surface area contributed by atoms with Crippen LogP contribution in [0.2, 0.25) is 5.02 Å². The predicted octanol–water partition coefficient (Wildman–Crippen LogP) is 4.47. The number of nitrogens with one attached hydrogen (secondary N) is 1. The van der Waals surface area contributed by atoms with Crippen LogP contribution in [0.3, 0.4) is 0 Å². The first-order chi connectivity index (χ1) is 9.61. The van der Waals surface area contributed by atoms with E-state index in [1.165, 1.54) is 5.56 Å². The van der Waals surface area contributed by atoms with Crippen LogP contribution in [0, 0.1) is 6.92 Å². The average Bonchev–Trinajstić information content (AvgIpc) is 2.48. The van der Waals surface area contributed by atoms with E-state index in [2.05, 4.69) is 27.3 Å². The molecular formula is C16H15BrClNO. The number of benzene rings is 2. The first-order valence-electron chi connectivity index (χ1n) is 6.29. The van der Waals surface area contributed by atoms with Crippen molar-refractivity contribution in [2.24, 2.45) is 0 Å². The van der Waals surface area contributed by atoms with Crippen molar-refractivity contribution in [2.75, 3.05) is 0 Å². The van der Waals surface area contributed by atoms with E-state index in [1.54, 1.807) is 6.07 Å². The molecule has 0 aliphatic carbocycles. The number of hydrogen-bond acceptors (Lipinski definition) is 1. The summed E-state index contributed by atoms with van der Waals surface area (Å²) >= 11 is 9.57.